The minimum atomic E-state index is -0.820. The zero-order valence-corrected chi connectivity index (χ0v) is 10.3. The number of halogens is 1. The third-order valence-corrected chi connectivity index (χ3v) is 2.53. The lowest BCUT2D eigenvalue weighted by Gasteiger charge is -2.15. The summed E-state index contributed by atoms with van der Waals surface area (Å²) in [4.78, 5) is 23.6. The van der Waals surface area contributed by atoms with E-state index in [1.54, 1.807) is 12.5 Å². The van der Waals surface area contributed by atoms with Crippen LogP contribution in [0.15, 0.2) is 28.7 Å². The predicted octanol–water partition coefficient (Wildman–Crippen LogP) is 0.397. The maximum absolute atomic E-state index is 11.4. The van der Waals surface area contributed by atoms with E-state index in [2.05, 4.69) is 15.9 Å². The first kappa shape index (κ1) is 12.7. The molecule has 0 unspecified atom stereocenters. The molecule has 3 N–H and O–H groups in total. The number of likely N-dealkylation sites (N-methyl/N-ethyl adjacent to an activating group) is 1. The standard InChI is InChI=1S/C10H12BrN3O2/c1-14(10(16)9(15)13-12)6-7-2-4-8(11)5-3-7/h2-5H,6,12H2,1H3,(H,13,15). The fourth-order valence-electron chi connectivity index (χ4n) is 1.17. The van der Waals surface area contributed by atoms with E-state index >= 15 is 0 Å². The monoisotopic (exact) mass is 285 g/mol. The summed E-state index contributed by atoms with van der Waals surface area (Å²) < 4.78 is 0.963. The highest BCUT2D eigenvalue weighted by Gasteiger charge is 2.17. The number of amides is 2. The normalized spacial score (nSPS) is 9.69. The number of hydrogen-bond donors (Lipinski definition) is 2. The number of nitrogens with two attached hydrogens (primary N) is 1. The van der Waals surface area contributed by atoms with Crippen LogP contribution >= 0.6 is 15.9 Å². The zero-order chi connectivity index (χ0) is 12.1. The highest BCUT2D eigenvalue weighted by atomic mass is 79.9. The van der Waals surface area contributed by atoms with E-state index < -0.39 is 11.8 Å². The average molecular weight is 286 g/mol. The molecule has 0 heterocycles. The van der Waals surface area contributed by atoms with Crippen molar-refractivity contribution in [3.8, 4) is 0 Å². The van der Waals surface area contributed by atoms with Gasteiger partial charge in [-0.05, 0) is 17.7 Å². The van der Waals surface area contributed by atoms with Crippen LogP contribution in [0.5, 0.6) is 0 Å². The predicted molar refractivity (Wildman–Crippen MR) is 62.9 cm³/mol. The van der Waals surface area contributed by atoms with Gasteiger partial charge in [-0.1, -0.05) is 28.1 Å². The number of rotatable bonds is 2. The number of carbonyl (C=O) groups excluding carboxylic acids is 2. The van der Waals surface area contributed by atoms with Gasteiger partial charge in [0.1, 0.15) is 0 Å². The van der Waals surface area contributed by atoms with Crippen molar-refractivity contribution in [2.45, 2.75) is 6.54 Å². The molecule has 0 bridgehead atoms. The second kappa shape index (κ2) is 5.62. The Balaban J connectivity index is 2.64. The highest BCUT2D eigenvalue weighted by molar-refractivity contribution is 9.10. The topological polar surface area (TPSA) is 75.4 Å². The quantitative estimate of drug-likeness (QED) is 0.357. The molecule has 0 atom stereocenters. The van der Waals surface area contributed by atoms with Gasteiger partial charge in [-0.3, -0.25) is 15.0 Å². The molecule has 86 valence electrons. The number of carbonyl (C=O) groups is 2. The lowest BCUT2D eigenvalue weighted by molar-refractivity contribution is -0.145. The second-order valence-electron chi connectivity index (χ2n) is 3.26. The molecule has 6 heteroatoms. The smallest absolute Gasteiger partial charge is 0.323 e. The Labute approximate surface area is 102 Å². The minimum Gasteiger partial charge on any atom is -0.333 e. The van der Waals surface area contributed by atoms with Crippen LogP contribution in [0.25, 0.3) is 0 Å². The molecule has 0 aromatic heterocycles. The van der Waals surface area contributed by atoms with Crippen LogP contribution in [0.2, 0.25) is 0 Å². The Morgan fingerprint density at radius 3 is 2.44 bits per heavy atom. The van der Waals surface area contributed by atoms with E-state index in [0.29, 0.717) is 6.54 Å². The van der Waals surface area contributed by atoms with Gasteiger partial charge < -0.3 is 4.90 Å². The van der Waals surface area contributed by atoms with Gasteiger partial charge in [0.05, 0.1) is 0 Å². The lowest BCUT2D eigenvalue weighted by Crippen LogP contribution is -2.43. The summed E-state index contributed by atoms with van der Waals surface area (Å²) in [7, 11) is 1.54. The summed E-state index contributed by atoms with van der Waals surface area (Å²) in [6.45, 7) is 0.361. The molecule has 0 aliphatic carbocycles. The van der Waals surface area contributed by atoms with Crippen molar-refractivity contribution in [3.05, 3.63) is 34.3 Å². The molecule has 1 rings (SSSR count). The average Bonchev–Trinajstić information content (AvgIpc) is 2.30. The van der Waals surface area contributed by atoms with Crippen molar-refractivity contribution in [2.75, 3.05) is 7.05 Å². The molecule has 0 saturated heterocycles. The summed E-state index contributed by atoms with van der Waals surface area (Å²) in [6.07, 6.45) is 0. The van der Waals surface area contributed by atoms with E-state index in [-0.39, 0.29) is 0 Å². The first-order valence-corrected chi connectivity index (χ1v) is 5.34. The van der Waals surface area contributed by atoms with Crippen molar-refractivity contribution in [2.24, 2.45) is 5.84 Å². The van der Waals surface area contributed by atoms with Gasteiger partial charge in [-0.15, -0.1) is 0 Å². The van der Waals surface area contributed by atoms with Gasteiger partial charge in [-0.25, -0.2) is 5.84 Å². The maximum Gasteiger partial charge on any atom is 0.323 e. The van der Waals surface area contributed by atoms with Crippen LogP contribution in [-0.2, 0) is 16.1 Å². The number of nitrogens with zero attached hydrogens (tertiary/aromatic N) is 1. The first-order valence-electron chi connectivity index (χ1n) is 4.55. The van der Waals surface area contributed by atoms with Crippen LogP contribution in [-0.4, -0.2) is 23.8 Å². The van der Waals surface area contributed by atoms with Crippen LogP contribution in [0, 0.1) is 0 Å². The van der Waals surface area contributed by atoms with Crippen molar-refractivity contribution in [1.29, 1.82) is 0 Å². The molecule has 0 aliphatic rings. The molecule has 2 amide bonds. The van der Waals surface area contributed by atoms with Crippen LogP contribution < -0.4 is 11.3 Å². The molecular weight excluding hydrogens is 274 g/mol. The molecule has 16 heavy (non-hydrogen) atoms. The fourth-order valence-corrected chi connectivity index (χ4v) is 1.43. The number of nitrogens with one attached hydrogen (secondary N) is 1. The zero-order valence-electron chi connectivity index (χ0n) is 8.74. The second-order valence-corrected chi connectivity index (χ2v) is 4.18. The third-order valence-electron chi connectivity index (χ3n) is 2.01. The number of hydrazine groups is 1. The van der Waals surface area contributed by atoms with Crippen molar-refractivity contribution >= 4 is 27.7 Å². The van der Waals surface area contributed by atoms with Crippen molar-refractivity contribution < 1.29 is 9.59 Å². The van der Waals surface area contributed by atoms with Crippen molar-refractivity contribution in [1.82, 2.24) is 10.3 Å². The van der Waals surface area contributed by atoms with Crippen LogP contribution in [0.3, 0.4) is 0 Å². The van der Waals surface area contributed by atoms with E-state index in [1.807, 2.05) is 24.3 Å². The molecule has 0 fully saturated rings. The molecule has 0 aliphatic heterocycles. The van der Waals surface area contributed by atoms with Crippen LogP contribution in [0.1, 0.15) is 5.56 Å². The summed E-state index contributed by atoms with van der Waals surface area (Å²) in [5, 5.41) is 0. The lowest BCUT2D eigenvalue weighted by atomic mass is 10.2. The third kappa shape index (κ3) is 3.32. The van der Waals surface area contributed by atoms with Gasteiger partial charge in [0, 0.05) is 18.1 Å². The summed E-state index contributed by atoms with van der Waals surface area (Å²) in [6, 6.07) is 7.48. The van der Waals surface area contributed by atoms with E-state index in [9.17, 15) is 9.59 Å². The Morgan fingerprint density at radius 1 is 1.38 bits per heavy atom. The van der Waals surface area contributed by atoms with Crippen molar-refractivity contribution in [3.63, 3.8) is 0 Å². The van der Waals surface area contributed by atoms with Gasteiger partial charge in [-0.2, -0.15) is 0 Å². The van der Waals surface area contributed by atoms with E-state index in [1.165, 1.54) is 4.90 Å². The molecule has 1 aromatic rings. The summed E-state index contributed by atoms with van der Waals surface area (Å²) >= 11 is 3.31. The van der Waals surface area contributed by atoms with Crippen LogP contribution in [0.4, 0.5) is 0 Å². The Morgan fingerprint density at radius 2 is 1.94 bits per heavy atom. The number of hydrogen-bond acceptors (Lipinski definition) is 3. The summed E-state index contributed by atoms with van der Waals surface area (Å²) in [5.41, 5.74) is 2.74. The fraction of sp³-hybridized carbons (Fsp3) is 0.200. The van der Waals surface area contributed by atoms with Gasteiger partial charge >= 0.3 is 11.8 Å². The van der Waals surface area contributed by atoms with E-state index in [0.717, 1.165) is 10.0 Å². The SMILES string of the molecule is CN(Cc1ccc(Br)cc1)C(=O)C(=O)NN. The Hall–Kier alpha value is -1.40. The molecule has 5 nitrogen and oxygen atoms in total. The maximum atomic E-state index is 11.4. The molecule has 1 aromatic carbocycles. The molecule has 0 radical (unpaired) electrons. The van der Waals surface area contributed by atoms with E-state index in [4.69, 9.17) is 5.84 Å². The largest absolute Gasteiger partial charge is 0.333 e. The minimum absolute atomic E-state index is 0.361. The Bertz CT molecular complexity index is 392. The van der Waals surface area contributed by atoms with Gasteiger partial charge in [0.25, 0.3) is 0 Å². The molecule has 0 spiro atoms. The molecular formula is C10H12BrN3O2. The van der Waals surface area contributed by atoms with Gasteiger partial charge in [0.15, 0.2) is 0 Å². The highest BCUT2D eigenvalue weighted by Crippen LogP contribution is 2.11. The van der Waals surface area contributed by atoms with Gasteiger partial charge in [0.2, 0.25) is 0 Å². The summed E-state index contributed by atoms with van der Waals surface area (Å²) in [5.74, 6) is 3.39. The first-order chi connectivity index (χ1) is 7.54. The molecule has 0 saturated carbocycles. The Kier molecular flexibility index (Phi) is 4.45. The number of benzene rings is 1.